The Morgan fingerprint density at radius 2 is 0.754 bits per heavy atom. The average Bonchev–Trinajstić information content (AvgIpc) is 3.77. The van der Waals surface area contributed by atoms with Gasteiger partial charge in [0.1, 0.15) is 0 Å². The van der Waals surface area contributed by atoms with Crippen molar-refractivity contribution in [2.24, 2.45) is 0 Å². The lowest BCUT2D eigenvalue weighted by atomic mass is 9.69. The van der Waals surface area contributed by atoms with Gasteiger partial charge in [0.25, 0.3) is 0 Å². The van der Waals surface area contributed by atoms with Gasteiger partial charge in [0, 0.05) is 33.0 Å². The second kappa shape index (κ2) is 12.3. The highest BCUT2D eigenvalue weighted by Crippen LogP contribution is 2.65. The SMILES string of the molecule is c1ccc(-c2nc(-c3ccc(-c4ccc(-c5nc6ccccc6c6c5-c5ccccc5C65c6ccccc6-c6ccccc65)cc4)cc3)nc3ccccc23)cc1. The van der Waals surface area contributed by atoms with Crippen LogP contribution in [0.1, 0.15) is 22.3 Å². The zero-order chi connectivity index (χ0) is 37.5. The number of hydrogen-bond acceptors (Lipinski definition) is 3. The predicted molar refractivity (Wildman–Crippen MR) is 233 cm³/mol. The normalized spacial score (nSPS) is 13.1. The average molecular weight is 724 g/mol. The Hall–Kier alpha value is -7.49. The molecule has 2 aliphatic rings. The van der Waals surface area contributed by atoms with Gasteiger partial charge >= 0.3 is 0 Å². The molecule has 0 radical (unpaired) electrons. The second-order valence-electron chi connectivity index (χ2n) is 15.0. The third-order valence-corrected chi connectivity index (χ3v) is 12.1. The van der Waals surface area contributed by atoms with Crippen LogP contribution >= 0.6 is 0 Å². The largest absolute Gasteiger partial charge is 0.247 e. The summed E-state index contributed by atoms with van der Waals surface area (Å²) in [5, 5.41) is 2.24. The molecule has 8 aromatic carbocycles. The number of nitrogens with zero attached hydrogens (tertiary/aromatic N) is 3. The van der Waals surface area contributed by atoms with Crippen LogP contribution in [0, 0.1) is 0 Å². The fourth-order valence-electron chi connectivity index (χ4n) is 9.68. The molecule has 0 fully saturated rings. The Balaban J connectivity index is 0.982. The Morgan fingerprint density at radius 1 is 0.298 bits per heavy atom. The molecule has 0 bridgehead atoms. The monoisotopic (exact) mass is 723 g/mol. The van der Waals surface area contributed by atoms with Crippen LogP contribution in [0.15, 0.2) is 200 Å². The smallest absolute Gasteiger partial charge is 0.160 e. The van der Waals surface area contributed by atoms with E-state index in [4.69, 9.17) is 15.0 Å². The van der Waals surface area contributed by atoms with Crippen molar-refractivity contribution in [3.8, 4) is 67.3 Å². The van der Waals surface area contributed by atoms with E-state index >= 15 is 0 Å². The molecule has 0 atom stereocenters. The molecule has 57 heavy (non-hydrogen) atoms. The molecule has 3 nitrogen and oxygen atoms in total. The van der Waals surface area contributed by atoms with Gasteiger partial charge in [0.2, 0.25) is 0 Å². The van der Waals surface area contributed by atoms with Gasteiger partial charge in [0.05, 0.1) is 27.8 Å². The molecule has 1 spiro atoms. The molecule has 0 saturated carbocycles. The molecule has 0 saturated heterocycles. The second-order valence-corrected chi connectivity index (χ2v) is 15.0. The maximum absolute atomic E-state index is 5.47. The quantitative estimate of drug-likeness (QED) is 0.181. The minimum absolute atomic E-state index is 0.450. The van der Waals surface area contributed by atoms with Crippen molar-refractivity contribution >= 4 is 21.8 Å². The van der Waals surface area contributed by atoms with Crippen LogP contribution in [0.5, 0.6) is 0 Å². The highest BCUT2D eigenvalue weighted by atomic mass is 14.9. The molecule has 0 amide bonds. The Labute approximate surface area is 330 Å². The predicted octanol–water partition coefficient (Wildman–Crippen LogP) is 13.2. The van der Waals surface area contributed by atoms with Gasteiger partial charge in [-0.25, -0.2) is 15.0 Å². The molecule has 2 heterocycles. The van der Waals surface area contributed by atoms with E-state index in [1.807, 2.05) is 18.2 Å². The fraction of sp³-hybridized carbons (Fsp3) is 0.0185. The summed E-state index contributed by atoms with van der Waals surface area (Å²) in [6.45, 7) is 0. The lowest BCUT2D eigenvalue weighted by molar-refractivity contribution is 0.801. The minimum Gasteiger partial charge on any atom is -0.247 e. The van der Waals surface area contributed by atoms with Crippen molar-refractivity contribution in [3.63, 3.8) is 0 Å². The topological polar surface area (TPSA) is 38.7 Å². The highest BCUT2D eigenvalue weighted by Gasteiger charge is 2.53. The van der Waals surface area contributed by atoms with E-state index in [9.17, 15) is 0 Å². The van der Waals surface area contributed by atoms with Gasteiger partial charge in [0.15, 0.2) is 5.82 Å². The highest BCUT2D eigenvalue weighted by molar-refractivity contribution is 6.06. The number of para-hydroxylation sites is 2. The van der Waals surface area contributed by atoms with E-state index in [0.29, 0.717) is 0 Å². The maximum Gasteiger partial charge on any atom is 0.160 e. The lowest BCUT2D eigenvalue weighted by Crippen LogP contribution is -2.26. The first kappa shape index (κ1) is 31.8. The first-order valence-electron chi connectivity index (χ1n) is 19.5. The fourth-order valence-corrected chi connectivity index (χ4v) is 9.68. The summed E-state index contributed by atoms with van der Waals surface area (Å²) in [7, 11) is 0. The number of rotatable bonds is 4. The van der Waals surface area contributed by atoms with Crippen molar-refractivity contribution in [2.75, 3.05) is 0 Å². The van der Waals surface area contributed by atoms with E-state index in [0.717, 1.165) is 61.4 Å². The molecule has 264 valence electrons. The molecule has 3 heteroatoms. The van der Waals surface area contributed by atoms with Crippen LogP contribution < -0.4 is 0 Å². The third kappa shape index (κ3) is 4.57. The van der Waals surface area contributed by atoms with Gasteiger partial charge < -0.3 is 0 Å². The third-order valence-electron chi connectivity index (χ3n) is 12.1. The Morgan fingerprint density at radius 3 is 1.40 bits per heavy atom. The van der Waals surface area contributed by atoms with Crippen molar-refractivity contribution < 1.29 is 0 Å². The summed E-state index contributed by atoms with van der Waals surface area (Å²) >= 11 is 0. The van der Waals surface area contributed by atoms with E-state index in [1.54, 1.807) is 0 Å². The number of benzene rings is 8. The molecule has 0 unspecified atom stereocenters. The molecule has 2 aromatic heterocycles. The van der Waals surface area contributed by atoms with Gasteiger partial charge in [-0.3, -0.25) is 0 Å². The summed E-state index contributed by atoms with van der Waals surface area (Å²) in [6.07, 6.45) is 0. The van der Waals surface area contributed by atoms with Crippen molar-refractivity contribution in [2.45, 2.75) is 5.41 Å². The van der Waals surface area contributed by atoms with Crippen molar-refractivity contribution in [1.29, 1.82) is 0 Å². The van der Waals surface area contributed by atoms with Gasteiger partial charge in [-0.05, 0) is 62.2 Å². The summed E-state index contributed by atoms with van der Waals surface area (Å²) < 4.78 is 0. The van der Waals surface area contributed by atoms with E-state index in [2.05, 4.69) is 182 Å². The molecule has 10 aromatic rings. The van der Waals surface area contributed by atoms with Crippen LogP contribution in [-0.2, 0) is 5.41 Å². The zero-order valence-electron chi connectivity index (χ0n) is 30.9. The van der Waals surface area contributed by atoms with Crippen LogP contribution in [0.2, 0.25) is 0 Å². The van der Waals surface area contributed by atoms with Crippen molar-refractivity contribution in [1.82, 2.24) is 15.0 Å². The number of fused-ring (bicyclic) bond motifs is 13. The van der Waals surface area contributed by atoms with Crippen LogP contribution in [0.25, 0.3) is 89.1 Å². The number of aromatic nitrogens is 3. The summed E-state index contributed by atoms with van der Waals surface area (Å²) in [5.41, 5.74) is 19.3. The summed E-state index contributed by atoms with van der Waals surface area (Å²) in [4.78, 5) is 15.5. The Bertz CT molecular complexity index is 3170. The first-order chi connectivity index (χ1) is 28.3. The molecule has 2 aliphatic carbocycles. The molecule has 0 N–H and O–H groups in total. The van der Waals surface area contributed by atoms with E-state index < -0.39 is 5.41 Å². The van der Waals surface area contributed by atoms with E-state index in [1.165, 1.54) is 49.9 Å². The standard InChI is InChI=1S/C54H33N3/c1-2-14-36(15-3-1)51-43-20-8-13-25-48(43)56-53(57-51)38-32-28-35(29-33-38)34-26-30-37(31-27-34)52-49-41-18-6-11-23-46(41)54(50(49)42-19-7-12-24-47(42)55-52)44-21-9-4-16-39(44)40-17-5-10-22-45(40)54/h1-33H. The number of hydrogen-bond donors (Lipinski definition) is 0. The van der Waals surface area contributed by atoms with Gasteiger partial charge in [-0.15, -0.1) is 0 Å². The Kier molecular flexibility index (Phi) is 6.84. The zero-order valence-corrected chi connectivity index (χ0v) is 30.9. The van der Waals surface area contributed by atoms with Crippen molar-refractivity contribution in [3.05, 3.63) is 222 Å². The minimum atomic E-state index is -0.450. The summed E-state index contributed by atoms with van der Waals surface area (Å²) in [6, 6.07) is 71.8. The molecule has 12 rings (SSSR count). The number of pyridine rings is 1. The molecular formula is C54H33N3. The van der Waals surface area contributed by atoms with Crippen LogP contribution in [0.4, 0.5) is 0 Å². The molecule has 0 aliphatic heterocycles. The lowest BCUT2D eigenvalue weighted by Gasteiger charge is -2.31. The first-order valence-corrected chi connectivity index (χ1v) is 19.5. The van der Waals surface area contributed by atoms with Gasteiger partial charge in [-0.1, -0.05) is 188 Å². The molecular weight excluding hydrogens is 691 g/mol. The maximum atomic E-state index is 5.47. The van der Waals surface area contributed by atoms with Crippen LogP contribution in [-0.4, -0.2) is 15.0 Å². The van der Waals surface area contributed by atoms with Gasteiger partial charge in [-0.2, -0.15) is 0 Å². The van der Waals surface area contributed by atoms with E-state index in [-0.39, 0.29) is 0 Å². The van der Waals surface area contributed by atoms with Crippen LogP contribution in [0.3, 0.4) is 0 Å². The summed E-state index contributed by atoms with van der Waals surface area (Å²) in [5.74, 6) is 0.719.